The number of carbonyl (C=O) groups excluding carboxylic acids is 1. The third kappa shape index (κ3) is 5.03. The van der Waals surface area contributed by atoms with Crippen molar-refractivity contribution in [2.24, 2.45) is 0 Å². The molecule has 0 atom stereocenters. The van der Waals surface area contributed by atoms with Crippen molar-refractivity contribution < 1.29 is 4.79 Å². The molecule has 0 spiro atoms. The van der Waals surface area contributed by atoms with Crippen molar-refractivity contribution in [3.63, 3.8) is 0 Å². The molecule has 1 aromatic heterocycles. The average molecular weight is 421 g/mol. The largest absolute Gasteiger partial charge is 0.324 e. The number of aromatic nitrogens is 3. The highest BCUT2D eigenvalue weighted by molar-refractivity contribution is 7.99. The Morgan fingerprint density at radius 3 is 2.63 bits per heavy atom. The summed E-state index contributed by atoms with van der Waals surface area (Å²) in [6, 6.07) is 14.9. The Labute approximate surface area is 172 Å². The van der Waals surface area contributed by atoms with Gasteiger partial charge in [0.2, 0.25) is 5.91 Å². The van der Waals surface area contributed by atoms with Crippen molar-refractivity contribution in [1.82, 2.24) is 14.8 Å². The summed E-state index contributed by atoms with van der Waals surface area (Å²) in [4.78, 5) is 12.3. The summed E-state index contributed by atoms with van der Waals surface area (Å²) in [6.45, 7) is 2.88. The van der Waals surface area contributed by atoms with Crippen molar-refractivity contribution in [1.29, 1.82) is 0 Å². The fourth-order valence-corrected chi connectivity index (χ4v) is 3.75. The number of amides is 1. The molecule has 0 radical (unpaired) electrons. The number of thioether (sulfide) groups is 1. The van der Waals surface area contributed by atoms with Crippen molar-refractivity contribution in [3.8, 4) is 11.4 Å². The van der Waals surface area contributed by atoms with Crippen LogP contribution in [-0.2, 0) is 11.3 Å². The molecule has 5 nitrogen and oxygen atoms in total. The third-order valence-corrected chi connectivity index (χ3v) is 5.25. The first-order chi connectivity index (χ1) is 13.1. The molecule has 27 heavy (non-hydrogen) atoms. The first-order valence-electron chi connectivity index (χ1n) is 8.44. The van der Waals surface area contributed by atoms with E-state index >= 15 is 0 Å². The van der Waals surface area contributed by atoms with E-state index in [-0.39, 0.29) is 11.7 Å². The van der Waals surface area contributed by atoms with Gasteiger partial charge >= 0.3 is 0 Å². The second kappa shape index (κ2) is 9.26. The molecule has 0 aliphatic carbocycles. The van der Waals surface area contributed by atoms with Crippen LogP contribution in [0.25, 0.3) is 11.4 Å². The fourth-order valence-electron chi connectivity index (χ4n) is 2.53. The molecule has 0 unspecified atom stereocenters. The van der Waals surface area contributed by atoms with Gasteiger partial charge < -0.3 is 9.88 Å². The highest BCUT2D eigenvalue weighted by Gasteiger charge is 2.15. The summed E-state index contributed by atoms with van der Waals surface area (Å²) < 4.78 is 2.04. The zero-order valence-electron chi connectivity index (χ0n) is 14.7. The van der Waals surface area contributed by atoms with Crippen molar-refractivity contribution >= 4 is 46.6 Å². The van der Waals surface area contributed by atoms with Gasteiger partial charge in [-0.15, -0.1) is 10.2 Å². The first kappa shape index (κ1) is 19.7. The van der Waals surface area contributed by atoms with Crippen LogP contribution in [0.15, 0.2) is 53.7 Å². The second-order valence-electron chi connectivity index (χ2n) is 5.78. The minimum atomic E-state index is -0.170. The van der Waals surface area contributed by atoms with Crippen LogP contribution in [-0.4, -0.2) is 26.4 Å². The van der Waals surface area contributed by atoms with Gasteiger partial charge in [-0.2, -0.15) is 0 Å². The summed E-state index contributed by atoms with van der Waals surface area (Å²) in [5.41, 5.74) is 1.54. The second-order valence-corrected chi connectivity index (χ2v) is 7.57. The Balaban J connectivity index is 1.70. The van der Waals surface area contributed by atoms with Gasteiger partial charge in [-0.25, -0.2) is 0 Å². The Kier molecular flexibility index (Phi) is 6.77. The predicted molar refractivity (Wildman–Crippen MR) is 112 cm³/mol. The van der Waals surface area contributed by atoms with Crippen LogP contribution in [0.2, 0.25) is 10.0 Å². The van der Waals surface area contributed by atoms with Gasteiger partial charge in [0.05, 0.1) is 16.5 Å². The molecule has 1 heterocycles. The molecule has 0 saturated heterocycles. The van der Waals surface area contributed by atoms with Crippen molar-refractivity contribution in [2.75, 3.05) is 11.1 Å². The van der Waals surface area contributed by atoms with E-state index in [1.54, 1.807) is 18.2 Å². The monoisotopic (exact) mass is 420 g/mol. The number of carbonyl (C=O) groups is 1. The molecule has 3 aromatic rings. The van der Waals surface area contributed by atoms with Crippen LogP contribution >= 0.6 is 35.0 Å². The molecular formula is C19H18Cl2N4OS. The SMILES string of the molecule is CCCn1c(SCC(=O)Nc2ccc(Cl)cc2Cl)nnc1-c1ccccc1. The molecular weight excluding hydrogens is 403 g/mol. The minimum absolute atomic E-state index is 0.170. The molecule has 1 N–H and O–H groups in total. The topological polar surface area (TPSA) is 59.8 Å². The molecule has 0 fully saturated rings. The molecule has 1 amide bonds. The van der Waals surface area contributed by atoms with Crippen LogP contribution in [0.3, 0.4) is 0 Å². The highest BCUT2D eigenvalue weighted by Crippen LogP contribution is 2.27. The number of halogens is 2. The van der Waals surface area contributed by atoms with E-state index < -0.39 is 0 Å². The molecule has 0 bridgehead atoms. The van der Waals surface area contributed by atoms with E-state index in [1.807, 2.05) is 34.9 Å². The van der Waals surface area contributed by atoms with Gasteiger partial charge in [-0.05, 0) is 24.6 Å². The molecule has 0 aliphatic rings. The summed E-state index contributed by atoms with van der Waals surface area (Å²) >= 11 is 13.3. The van der Waals surface area contributed by atoms with Gasteiger partial charge in [-0.3, -0.25) is 4.79 Å². The highest BCUT2D eigenvalue weighted by atomic mass is 35.5. The van der Waals surface area contributed by atoms with Crippen LogP contribution in [0.1, 0.15) is 13.3 Å². The average Bonchev–Trinajstić information content (AvgIpc) is 3.06. The maximum absolute atomic E-state index is 12.3. The van der Waals surface area contributed by atoms with Gasteiger partial charge in [-0.1, -0.05) is 72.2 Å². The first-order valence-corrected chi connectivity index (χ1v) is 10.2. The molecule has 0 aliphatic heterocycles. The number of rotatable bonds is 7. The van der Waals surface area contributed by atoms with E-state index in [9.17, 15) is 4.79 Å². The number of hydrogen-bond donors (Lipinski definition) is 1. The molecule has 8 heteroatoms. The van der Waals surface area contributed by atoms with Gasteiger partial charge in [0.25, 0.3) is 0 Å². The summed E-state index contributed by atoms with van der Waals surface area (Å²) in [5, 5.41) is 13.0. The maximum atomic E-state index is 12.3. The van der Waals surface area contributed by atoms with Crippen molar-refractivity contribution in [3.05, 3.63) is 58.6 Å². The lowest BCUT2D eigenvalue weighted by Crippen LogP contribution is -2.15. The van der Waals surface area contributed by atoms with Gasteiger partial charge in [0.1, 0.15) is 0 Å². The minimum Gasteiger partial charge on any atom is -0.324 e. The van der Waals surface area contributed by atoms with E-state index in [1.165, 1.54) is 11.8 Å². The zero-order chi connectivity index (χ0) is 19.2. The zero-order valence-corrected chi connectivity index (χ0v) is 17.0. The predicted octanol–water partition coefficient (Wildman–Crippen LogP) is 5.39. The lowest BCUT2D eigenvalue weighted by atomic mass is 10.2. The standard InChI is InChI=1S/C19H18Cl2N4OS/c1-2-10-25-18(13-6-4-3-5-7-13)23-24-19(25)27-12-17(26)22-16-9-8-14(20)11-15(16)21/h3-9,11H,2,10,12H2,1H3,(H,22,26). The Morgan fingerprint density at radius 2 is 1.93 bits per heavy atom. The molecule has 2 aromatic carbocycles. The number of nitrogens with zero attached hydrogens (tertiary/aromatic N) is 3. The molecule has 0 saturated carbocycles. The molecule has 140 valence electrons. The summed E-state index contributed by atoms with van der Waals surface area (Å²) in [7, 11) is 0. The smallest absolute Gasteiger partial charge is 0.234 e. The summed E-state index contributed by atoms with van der Waals surface area (Å²) in [5.74, 6) is 0.841. The number of benzene rings is 2. The Bertz CT molecular complexity index is 931. The Morgan fingerprint density at radius 1 is 1.15 bits per heavy atom. The number of anilines is 1. The van der Waals surface area contributed by atoms with E-state index in [0.717, 1.165) is 24.4 Å². The van der Waals surface area contributed by atoms with Crippen molar-refractivity contribution in [2.45, 2.75) is 25.0 Å². The Hall–Kier alpha value is -2.02. The van der Waals surface area contributed by atoms with Crippen LogP contribution in [0.5, 0.6) is 0 Å². The number of nitrogens with one attached hydrogen (secondary N) is 1. The quantitative estimate of drug-likeness (QED) is 0.520. The fraction of sp³-hybridized carbons (Fsp3) is 0.211. The summed E-state index contributed by atoms with van der Waals surface area (Å²) in [6.07, 6.45) is 0.942. The van der Waals surface area contributed by atoms with Crippen LogP contribution < -0.4 is 5.32 Å². The molecule has 3 rings (SSSR count). The van der Waals surface area contributed by atoms with Crippen LogP contribution in [0.4, 0.5) is 5.69 Å². The normalized spacial score (nSPS) is 10.8. The van der Waals surface area contributed by atoms with E-state index in [4.69, 9.17) is 23.2 Å². The lowest BCUT2D eigenvalue weighted by molar-refractivity contribution is -0.113. The maximum Gasteiger partial charge on any atom is 0.234 e. The van der Waals surface area contributed by atoms with Crippen LogP contribution in [0, 0.1) is 0 Å². The van der Waals surface area contributed by atoms with Gasteiger partial charge in [0, 0.05) is 17.1 Å². The van der Waals surface area contributed by atoms with E-state index in [2.05, 4.69) is 22.4 Å². The van der Waals surface area contributed by atoms with Gasteiger partial charge in [0.15, 0.2) is 11.0 Å². The van der Waals surface area contributed by atoms with E-state index in [0.29, 0.717) is 20.9 Å². The lowest BCUT2D eigenvalue weighted by Gasteiger charge is -2.10. The number of hydrogen-bond acceptors (Lipinski definition) is 4. The third-order valence-electron chi connectivity index (χ3n) is 3.73.